The van der Waals surface area contributed by atoms with E-state index in [1.54, 1.807) is 0 Å². The van der Waals surface area contributed by atoms with Gasteiger partial charge in [-0.2, -0.15) is 0 Å². The smallest absolute Gasteiger partial charge is 0.406 e. The van der Waals surface area contributed by atoms with Crippen molar-refractivity contribution in [1.29, 1.82) is 0 Å². The Balaban J connectivity index is 3.02. The van der Waals surface area contributed by atoms with Gasteiger partial charge in [-0.05, 0) is 37.9 Å². The summed E-state index contributed by atoms with van der Waals surface area (Å²) in [5.41, 5.74) is 0. The highest BCUT2D eigenvalue weighted by Crippen LogP contribution is 2.36. The molecule has 1 aromatic carbocycles. The van der Waals surface area contributed by atoms with Crippen molar-refractivity contribution >= 4 is 43.5 Å². The Hall–Kier alpha value is 0.0600. The summed E-state index contributed by atoms with van der Waals surface area (Å²) in [6.07, 6.45) is -4.71. The van der Waals surface area contributed by atoms with Crippen LogP contribution in [0.1, 0.15) is 0 Å². The number of hydrogen-bond acceptors (Lipinski definition) is 1. The molecule has 7 heteroatoms. The first-order valence-corrected chi connectivity index (χ1v) is 5.16. The van der Waals surface area contributed by atoms with Crippen molar-refractivity contribution < 1.29 is 17.9 Å². The van der Waals surface area contributed by atoms with Crippen LogP contribution in [-0.2, 0) is 0 Å². The second-order valence-corrected chi connectivity index (χ2v) is 4.30. The Bertz CT molecular complexity index is 330. The Morgan fingerprint density at radius 2 is 1.79 bits per heavy atom. The summed E-state index contributed by atoms with van der Waals surface area (Å²) in [5.74, 6) is -0.363. The van der Waals surface area contributed by atoms with Crippen LogP contribution in [-0.4, -0.2) is 6.36 Å². The number of rotatable bonds is 1. The molecule has 1 nitrogen and oxygen atoms in total. The Labute approximate surface area is 99.4 Å². The number of alkyl halides is 3. The van der Waals surface area contributed by atoms with Crippen LogP contribution in [0.4, 0.5) is 13.2 Å². The fraction of sp³-hybridized carbons (Fsp3) is 0.143. The molecule has 0 heterocycles. The summed E-state index contributed by atoms with van der Waals surface area (Å²) in [5, 5.41) is 0.138. The molecule has 0 bridgehead atoms. The van der Waals surface area contributed by atoms with E-state index in [1.165, 1.54) is 6.07 Å². The van der Waals surface area contributed by atoms with Crippen molar-refractivity contribution in [1.82, 2.24) is 0 Å². The molecule has 0 N–H and O–H groups in total. The Kier molecular flexibility index (Phi) is 3.71. The van der Waals surface area contributed by atoms with E-state index in [1.807, 2.05) is 0 Å². The first-order chi connectivity index (χ1) is 6.29. The van der Waals surface area contributed by atoms with Gasteiger partial charge in [-0.25, -0.2) is 0 Å². The highest BCUT2D eigenvalue weighted by Gasteiger charge is 2.31. The molecule has 0 saturated carbocycles. The van der Waals surface area contributed by atoms with Crippen LogP contribution in [0.25, 0.3) is 0 Å². The SMILES string of the molecule is FC(F)(F)Oc1cc(Cl)c(Br)c(Br)c1. The lowest BCUT2D eigenvalue weighted by Crippen LogP contribution is -2.17. The third-order valence-corrected chi connectivity index (χ3v) is 3.73. The fourth-order valence-electron chi connectivity index (χ4n) is 0.725. The molecule has 0 aliphatic heterocycles. The minimum Gasteiger partial charge on any atom is -0.406 e. The van der Waals surface area contributed by atoms with Gasteiger partial charge in [-0.15, -0.1) is 13.2 Å². The molecule has 0 atom stereocenters. The maximum absolute atomic E-state index is 11.8. The van der Waals surface area contributed by atoms with Crippen molar-refractivity contribution in [2.24, 2.45) is 0 Å². The molecule has 0 radical (unpaired) electrons. The molecule has 0 unspecified atom stereocenters. The van der Waals surface area contributed by atoms with Gasteiger partial charge in [-0.1, -0.05) is 11.6 Å². The van der Waals surface area contributed by atoms with Gasteiger partial charge in [-0.3, -0.25) is 0 Å². The van der Waals surface area contributed by atoms with Crippen LogP contribution in [0, 0.1) is 0 Å². The predicted octanol–water partition coefficient (Wildman–Crippen LogP) is 4.76. The van der Waals surface area contributed by atoms with Gasteiger partial charge in [0, 0.05) is 10.5 Å². The van der Waals surface area contributed by atoms with Crippen LogP contribution >= 0.6 is 43.5 Å². The zero-order valence-electron chi connectivity index (χ0n) is 6.33. The van der Waals surface area contributed by atoms with Gasteiger partial charge >= 0.3 is 6.36 Å². The highest BCUT2D eigenvalue weighted by atomic mass is 79.9. The van der Waals surface area contributed by atoms with Crippen LogP contribution in [0.2, 0.25) is 5.02 Å². The third kappa shape index (κ3) is 3.33. The van der Waals surface area contributed by atoms with E-state index in [2.05, 4.69) is 36.6 Å². The van der Waals surface area contributed by atoms with Crippen molar-refractivity contribution in [3.63, 3.8) is 0 Å². The van der Waals surface area contributed by atoms with E-state index in [0.717, 1.165) is 6.07 Å². The molecule has 14 heavy (non-hydrogen) atoms. The molecule has 0 spiro atoms. The molecule has 0 saturated heterocycles. The number of benzene rings is 1. The quantitative estimate of drug-likeness (QED) is 0.661. The van der Waals surface area contributed by atoms with Crippen molar-refractivity contribution in [2.75, 3.05) is 0 Å². The Morgan fingerprint density at radius 3 is 2.21 bits per heavy atom. The second-order valence-electron chi connectivity index (χ2n) is 2.25. The monoisotopic (exact) mass is 352 g/mol. The maximum atomic E-state index is 11.8. The standard InChI is InChI=1S/C7H2Br2ClF3O/c8-4-1-3(14-7(11,12)13)2-5(10)6(4)9/h1-2H. The molecule has 0 aliphatic rings. The molecule has 1 rings (SSSR count). The first kappa shape index (κ1) is 12.1. The molecule has 0 aromatic heterocycles. The summed E-state index contributed by atoms with van der Waals surface area (Å²) in [6, 6.07) is 2.24. The van der Waals surface area contributed by atoms with Crippen LogP contribution in [0.5, 0.6) is 5.75 Å². The van der Waals surface area contributed by atoms with Gasteiger partial charge in [0.25, 0.3) is 0 Å². The summed E-state index contributed by atoms with van der Waals surface area (Å²) in [6.45, 7) is 0. The molecule has 1 aromatic rings. The van der Waals surface area contributed by atoms with Crippen molar-refractivity contribution in [2.45, 2.75) is 6.36 Å². The van der Waals surface area contributed by atoms with E-state index < -0.39 is 6.36 Å². The zero-order valence-corrected chi connectivity index (χ0v) is 10.3. The largest absolute Gasteiger partial charge is 0.573 e. The van der Waals surface area contributed by atoms with E-state index in [9.17, 15) is 13.2 Å². The van der Waals surface area contributed by atoms with Crippen LogP contribution < -0.4 is 4.74 Å². The average molecular weight is 354 g/mol. The van der Waals surface area contributed by atoms with Gasteiger partial charge in [0.05, 0.1) is 9.50 Å². The molecule has 78 valence electrons. The molecule has 0 fully saturated rings. The number of hydrogen-bond donors (Lipinski definition) is 0. The van der Waals surface area contributed by atoms with Crippen molar-refractivity contribution in [3.05, 3.63) is 26.1 Å². The number of halogens is 6. The van der Waals surface area contributed by atoms with Gasteiger partial charge in [0.15, 0.2) is 0 Å². The predicted molar refractivity (Wildman–Crippen MR) is 53.5 cm³/mol. The van der Waals surface area contributed by atoms with E-state index >= 15 is 0 Å². The lowest BCUT2D eigenvalue weighted by atomic mass is 10.3. The van der Waals surface area contributed by atoms with Gasteiger partial charge < -0.3 is 4.74 Å². The van der Waals surface area contributed by atoms with E-state index in [-0.39, 0.29) is 10.8 Å². The van der Waals surface area contributed by atoms with Gasteiger partial charge in [0.2, 0.25) is 0 Å². The van der Waals surface area contributed by atoms with Gasteiger partial charge in [0.1, 0.15) is 5.75 Å². The summed E-state index contributed by atoms with van der Waals surface area (Å²) >= 11 is 11.7. The highest BCUT2D eigenvalue weighted by molar-refractivity contribution is 9.13. The average Bonchev–Trinajstić information content (AvgIpc) is 1.96. The van der Waals surface area contributed by atoms with Crippen molar-refractivity contribution in [3.8, 4) is 5.75 Å². The molecule has 0 amide bonds. The molecular weight excluding hydrogens is 352 g/mol. The van der Waals surface area contributed by atoms with E-state index in [4.69, 9.17) is 11.6 Å². The molecular formula is C7H2Br2ClF3O. The summed E-state index contributed by atoms with van der Waals surface area (Å²) < 4.78 is 40.0. The Morgan fingerprint density at radius 1 is 1.21 bits per heavy atom. The topological polar surface area (TPSA) is 9.23 Å². The summed E-state index contributed by atoms with van der Waals surface area (Å²) in [7, 11) is 0. The second kappa shape index (κ2) is 4.28. The van der Waals surface area contributed by atoms with Crippen LogP contribution in [0.15, 0.2) is 21.1 Å². The first-order valence-electron chi connectivity index (χ1n) is 3.20. The minimum absolute atomic E-state index is 0.138. The normalized spacial score (nSPS) is 11.6. The number of ether oxygens (including phenoxy) is 1. The van der Waals surface area contributed by atoms with E-state index in [0.29, 0.717) is 8.95 Å². The molecule has 0 aliphatic carbocycles. The summed E-state index contributed by atoms with van der Waals surface area (Å²) in [4.78, 5) is 0. The third-order valence-electron chi connectivity index (χ3n) is 1.19. The zero-order chi connectivity index (χ0) is 10.9. The van der Waals surface area contributed by atoms with Crippen LogP contribution in [0.3, 0.4) is 0 Å². The minimum atomic E-state index is -4.71. The fourth-order valence-corrected chi connectivity index (χ4v) is 1.72. The lowest BCUT2D eigenvalue weighted by Gasteiger charge is -2.10. The lowest BCUT2D eigenvalue weighted by molar-refractivity contribution is -0.274. The maximum Gasteiger partial charge on any atom is 0.573 e.